The van der Waals surface area contributed by atoms with Gasteiger partial charge in [-0.2, -0.15) is 13.2 Å². The lowest BCUT2D eigenvalue weighted by atomic mass is 10.2. The molecule has 1 atom stereocenters. The predicted molar refractivity (Wildman–Crippen MR) is 72.1 cm³/mol. The highest BCUT2D eigenvalue weighted by Crippen LogP contribution is 2.31. The first-order valence-corrected chi connectivity index (χ1v) is 6.08. The Labute approximate surface area is 119 Å². The van der Waals surface area contributed by atoms with Crippen molar-refractivity contribution in [2.24, 2.45) is 0 Å². The number of methoxy groups -OCH3 is 1. The van der Waals surface area contributed by atoms with Crippen LogP contribution in [0, 0.1) is 5.82 Å². The quantitative estimate of drug-likeness (QED) is 0.661. The van der Waals surface area contributed by atoms with Gasteiger partial charge in [-0.05, 0) is 37.3 Å². The zero-order chi connectivity index (χ0) is 15.3. The van der Waals surface area contributed by atoms with E-state index in [9.17, 15) is 17.6 Å². The smallest absolute Gasteiger partial charge is 0.383 e. The van der Waals surface area contributed by atoms with Crippen LogP contribution in [0.15, 0.2) is 18.2 Å². The van der Waals surface area contributed by atoms with Crippen LogP contribution in [-0.4, -0.2) is 24.9 Å². The van der Waals surface area contributed by atoms with Gasteiger partial charge in [-0.25, -0.2) is 4.39 Å². The number of alkyl halides is 3. The Bertz CT molecular complexity index is 479. The molecule has 0 saturated carbocycles. The second kappa shape index (κ2) is 6.85. The predicted octanol–water partition coefficient (Wildman–Crippen LogP) is 3.17. The van der Waals surface area contributed by atoms with Crippen LogP contribution in [0.2, 0.25) is 0 Å². The average Bonchev–Trinajstić information content (AvgIpc) is 2.30. The molecule has 20 heavy (non-hydrogen) atoms. The molecule has 0 radical (unpaired) electrons. The van der Waals surface area contributed by atoms with E-state index in [1.54, 1.807) is 6.92 Å². The molecule has 1 rings (SSSR count). The van der Waals surface area contributed by atoms with Gasteiger partial charge < -0.3 is 15.4 Å². The summed E-state index contributed by atoms with van der Waals surface area (Å²) in [5.41, 5.74) is -1.28. The number of nitrogens with one attached hydrogen (secondary N) is 2. The fraction of sp³-hybridized carbons (Fsp3) is 0.417. The second-order valence-electron chi connectivity index (χ2n) is 4.15. The van der Waals surface area contributed by atoms with Gasteiger partial charge in [0.1, 0.15) is 5.82 Å². The van der Waals surface area contributed by atoms with E-state index >= 15 is 0 Å². The van der Waals surface area contributed by atoms with Crippen molar-refractivity contribution in [3.05, 3.63) is 29.6 Å². The summed E-state index contributed by atoms with van der Waals surface area (Å²) < 4.78 is 55.9. The lowest BCUT2D eigenvalue weighted by Gasteiger charge is -2.17. The maximum Gasteiger partial charge on any atom is 0.416 e. The van der Waals surface area contributed by atoms with Crippen LogP contribution in [0.3, 0.4) is 0 Å². The van der Waals surface area contributed by atoms with Gasteiger partial charge in [0.05, 0.1) is 17.9 Å². The molecule has 0 amide bonds. The highest BCUT2D eigenvalue weighted by Gasteiger charge is 2.31. The monoisotopic (exact) mass is 310 g/mol. The largest absolute Gasteiger partial charge is 0.416 e. The van der Waals surface area contributed by atoms with Crippen LogP contribution in [0.4, 0.5) is 23.2 Å². The summed E-state index contributed by atoms with van der Waals surface area (Å²) in [4.78, 5) is 0. The fourth-order valence-corrected chi connectivity index (χ4v) is 1.78. The Morgan fingerprint density at radius 1 is 1.40 bits per heavy atom. The fourth-order valence-electron chi connectivity index (χ4n) is 1.47. The lowest BCUT2D eigenvalue weighted by molar-refractivity contribution is -0.137. The highest BCUT2D eigenvalue weighted by molar-refractivity contribution is 7.80. The number of thiocarbonyl (C=S) groups is 1. The normalized spacial score (nSPS) is 12.9. The Kier molecular flexibility index (Phi) is 5.70. The topological polar surface area (TPSA) is 33.3 Å². The van der Waals surface area contributed by atoms with E-state index in [2.05, 4.69) is 10.6 Å². The second-order valence-corrected chi connectivity index (χ2v) is 4.56. The number of hydrogen-bond acceptors (Lipinski definition) is 2. The zero-order valence-electron chi connectivity index (χ0n) is 10.8. The summed E-state index contributed by atoms with van der Waals surface area (Å²) in [6, 6.07) is 1.93. The van der Waals surface area contributed by atoms with Crippen LogP contribution in [0.25, 0.3) is 0 Å². The Balaban J connectivity index is 2.79. The molecule has 0 aliphatic carbocycles. The lowest BCUT2D eigenvalue weighted by Crippen LogP contribution is -2.38. The Morgan fingerprint density at radius 2 is 2.05 bits per heavy atom. The maximum atomic E-state index is 13.5. The molecule has 0 fully saturated rings. The van der Waals surface area contributed by atoms with Gasteiger partial charge in [-0.1, -0.05) is 0 Å². The molecule has 1 unspecified atom stereocenters. The molecule has 8 heteroatoms. The molecular formula is C12H14F4N2OS. The van der Waals surface area contributed by atoms with E-state index in [1.165, 1.54) is 7.11 Å². The number of benzene rings is 1. The highest BCUT2D eigenvalue weighted by atomic mass is 32.1. The third-order valence-corrected chi connectivity index (χ3v) is 2.56. The molecule has 1 aromatic rings. The van der Waals surface area contributed by atoms with E-state index in [0.29, 0.717) is 18.7 Å². The van der Waals surface area contributed by atoms with Gasteiger partial charge in [-0.3, -0.25) is 0 Å². The van der Waals surface area contributed by atoms with Crippen LogP contribution < -0.4 is 10.6 Å². The summed E-state index contributed by atoms with van der Waals surface area (Å²) in [6.45, 7) is 2.12. The standard InChI is InChI=1S/C12H14F4N2OS/c1-7(6-19-2)17-11(20)18-10-5-8(12(14,15)16)3-4-9(10)13/h3-5,7H,6H2,1-2H3,(H2,17,18,20). The summed E-state index contributed by atoms with van der Waals surface area (Å²) in [7, 11) is 1.50. The molecule has 112 valence electrons. The molecule has 0 aliphatic rings. The summed E-state index contributed by atoms with van der Waals surface area (Å²) in [5, 5.41) is 5.18. The van der Waals surface area contributed by atoms with Gasteiger partial charge in [0.25, 0.3) is 0 Å². The summed E-state index contributed by atoms with van der Waals surface area (Å²) in [5.74, 6) is -0.818. The molecule has 0 aliphatic heterocycles. The molecule has 0 spiro atoms. The minimum Gasteiger partial charge on any atom is -0.383 e. The van der Waals surface area contributed by atoms with Gasteiger partial charge >= 0.3 is 6.18 Å². The van der Waals surface area contributed by atoms with Crippen molar-refractivity contribution >= 4 is 23.0 Å². The molecule has 3 nitrogen and oxygen atoms in total. The van der Waals surface area contributed by atoms with E-state index < -0.39 is 17.6 Å². The van der Waals surface area contributed by atoms with Gasteiger partial charge in [0, 0.05) is 13.2 Å². The van der Waals surface area contributed by atoms with E-state index in [1.807, 2.05) is 0 Å². The third-order valence-electron chi connectivity index (χ3n) is 2.34. The van der Waals surface area contributed by atoms with Crippen molar-refractivity contribution in [3.63, 3.8) is 0 Å². The minimum atomic E-state index is -4.54. The van der Waals surface area contributed by atoms with Crippen LogP contribution in [0.5, 0.6) is 0 Å². The number of anilines is 1. The van der Waals surface area contributed by atoms with E-state index in [0.717, 1.165) is 6.07 Å². The molecule has 0 heterocycles. The van der Waals surface area contributed by atoms with Crippen molar-refractivity contribution in [2.75, 3.05) is 19.0 Å². The van der Waals surface area contributed by atoms with Crippen molar-refractivity contribution < 1.29 is 22.3 Å². The number of rotatable bonds is 4. The molecular weight excluding hydrogens is 296 g/mol. The van der Waals surface area contributed by atoms with E-state index in [4.69, 9.17) is 17.0 Å². The van der Waals surface area contributed by atoms with Crippen LogP contribution in [-0.2, 0) is 10.9 Å². The summed E-state index contributed by atoms with van der Waals surface area (Å²) in [6.07, 6.45) is -4.54. The number of ether oxygens (including phenoxy) is 1. The van der Waals surface area contributed by atoms with Crippen molar-refractivity contribution in [1.29, 1.82) is 0 Å². The van der Waals surface area contributed by atoms with E-state index in [-0.39, 0.29) is 16.8 Å². The molecule has 2 N–H and O–H groups in total. The van der Waals surface area contributed by atoms with Crippen LogP contribution >= 0.6 is 12.2 Å². The molecule has 1 aromatic carbocycles. The first-order chi connectivity index (χ1) is 9.24. The third kappa shape index (κ3) is 4.93. The molecule has 0 saturated heterocycles. The SMILES string of the molecule is COCC(C)NC(=S)Nc1cc(C(F)(F)F)ccc1F. The molecule has 0 bridgehead atoms. The van der Waals surface area contributed by atoms with Crippen molar-refractivity contribution in [2.45, 2.75) is 19.1 Å². The first kappa shape index (κ1) is 16.6. The average molecular weight is 310 g/mol. The Morgan fingerprint density at radius 3 is 2.60 bits per heavy atom. The molecule has 0 aromatic heterocycles. The maximum absolute atomic E-state index is 13.5. The van der Waals surface area contributed by atoms with Crippen LogP contribution in [0.1, 0.15) is 12.5 Å². The number of halogens is 4. The number of hydrogen-bond donors (Lipinski definition) is 2. The van der Waals surface area contributed by atoms with Crippen molar-refractivity contribution in [1.82, 2.24) is 5.32 Å². The van der Waals surface area contributed by atoms with Gasteiger partial charge in [0.15, 0.2) is 5.11 Å². The minimum absolute atomic E-state index is 0.0211. The Hall–Kier alpha value is -1.41. The summed E-state index contributed by atoms with van der Waals surface area (Å²) >= 11 is 4.90. The zero-order valence-corrected chi connectivity index (χ0v) is 11.7. The van der Waals surface area contributed by atoms with Gasteiger partial charge in [0.2, 0.25) is 0 Å². The first-order valence-electron chi connectivity index (χ1n) is 5.67. The van der Waals surface area contributed by atoms with Crippen molar-refractivity contribution in [3.8, 4) is 0 Å². The van der Waals surface area contributed by atoms with Gasteiger partial charge in [-0.15, -0.1) is 0 Å².